The van der Waals surface area contributed by atoms with E-state index in [1.807, 2.05) is 0 Å². The van der Waals surface area contributed by atoms with Crippen LogP contribution in [0.25, 0.3) is 0 Å². The van der Waals surface area contributed by atoms with Crippen LogP contribution in [-0.4, -0.2) is 4.98 Å². The van der Waals surface area contributed by atoms with E-state index in [0.717, 1.165) is 6.07 Å². The minimum atomic E-state index is -3.51. The van der Waals surface area contributed by atoms with Crippen molar-refractivity contribution in [2.24, 2.45) is 0 Å². The first-order valence-corrected chi connectivity index (χ1v) is 3.94. The standard InChI is InChI=1S/C6H2Cl3F2N/c7-4-2-1-3(5(8)12-4)6(9,10)11/h1-2H. The number of hydrogen-bond acceptors (Lipinski definition) is 1. The quantitative estimate of drug-likeness (QED) is 0.532. The molecule has 0 aliphatic rings. The van der Waals surface area contributed by atoms with Crippen LogP contribution >= 0.6 is 34.8 Å². The van der Waals surface area contributed by atoms with Crippen LogP contribution in [-0.2, 0) is 5.38 Å². The number of hydrogen-bond donors (Lipinski definition) is 0. The van der Waals surface area contributed by atoms with Crippen LogP contribution in [0.3, 0.4) is 0 Å². The van der Waals surface area contributed by atoms with Gasteiger partial charge in [-0.25, -0.2) is 4.98 Å². The molecule has 0 bridgehead atoms. The Bertz CT molecular complexity index is 297. The van der Waals surface area contributed by atoms with Gasteiger partial charge in [0.2, 0.25) is 0 Å². The van der Waals surface area contributed by atoms with Gasteiger partial charge in [-0.2, -0.15) is 8.78 Å². The molecule has 1 nitrogen and oxygen atoms in total. The predicted octanol–water partition coefficient (Wildman–Crippen LogP) is 3.68. The van der Waals surface area contributed by atoms with Crippen LogP contribution < -0.4 is 0 Å². The molecule has 0 saturated carbocycles. The first-order valence-electron chi connectivity index (χ1n) is 2.80. The lowest BCUT2D eigenvalue weighted by atomic mass is 10.3. The third-order valence-electron chi connectivity index (χ3n) is 1.12. The summed E-state index contributed by atoms with van der Waals surface area (Å²) in [6, 6.07) is 2.23. The molecule has 0 aliphatic carbocycles. The van der Waals surface area contributed by atoms with Crippen molar-refractivity contribution in [3.63, 3.8) is 0 Å². The number of aromatic nitrogens is 1. The number of alkyl halides is 3. The molecule has 0 spiro atoms. The van der Waals surface area contributed by atoms with Crippen LogP contribution in [0, 0.1) is 0 Å². The zero-order valence-electron chi connectivity index (χ0n) is 5.49. The molecule has 66 valence electrons. The fraction of sp³-hybridized carbons (Fsp3) is 0.167. The minimum absolute atomic E-state index is 0.0460. The third-order valence-corrected chi connectivity index (χ3v) is 1.82. The van der Waals surface area contributed by atoms with E-state index >= 15 is 0 Å². The second-order valence-corrected chi connectivity index (χ2v) is 3.19. The fourth-order valence-electron chi connectivity index (χ4n) is 0.624. The lowest BCUT2D eigenvalue weighted by molar-refractivity contribution is 0.0948. The van der Waals surface area contributed by atoms with Gasteiger partial charge in [-0.1, -0.05) is 23.2 Å². The molecular formula is C6H2Cl3F2N. The van der Waals surface area contributed by atoms with Gasteiger partial charge in [-0.15, -0.1) is 0 Å². The summed E-state index contributed by atoms with van der Waals surface area (Å²) in [6.45, 7) is 0. The Morgan fingerprint density at radius 1 is 1.25 bits per heavy atom. The highest BCUT2D eigenvalue weighted by molar-refractivity contribution is 6.33. The molecule has 0 N–H and O–H groups in total. The molecule has 0 unspecified atom stereocenters. The van der Waals surface area contributed by atoms with E-state index in [1.54, 1.807) is 0 Å². The van der Waals surface area contributed by atoms with Crippen molar-refractivity contribution in [2.45, 2.75) is 5.38 Å². The summed E-state index contributed by atoms with van der Waals surface area (Å²) in [5, 5.41) is -3.85. The Labute approximate surface area is 82.3 Å². The smallest absolute Gasteiger partial charge is 0.224 e. The number of nitrogens with zero attached hydrogens (tertiary/aromatic N) is 1. The summed E-state index contributed by atoms with van der Waals surface area (Å²) in [7, 11) is 0. The van der Waals surface area contributed by atoms with Crippen molar-refractivity contribution < 1.29 is 8.78 Å². The van der Waals surface area contributed by atoms with Crippen LogP contribution in [0.5, 0.6) is 0 Å². The van der Waals surface area contributed by atoms with Gasteiger partial charge in [-0.3, -0.25) is 0 Å². The fourth-order valence-corrected chi connectivity index (χ4v) is 1.29. The molecule has 1 rings (SSSR count). The van der Waals surface area contributed by atoms with E-state index in [2.05, 4.69) is 4.98 Å². The second-order valence-electron chi connectivity index (χ2n) is 1.97. The van der Waals surface area contributed by atoms with Crippen molar-refractivity contribution in [3.05, 3.63) is 28.0 Å². The van der Waals surface area contributed by atoms with Crippen LogP contribution in [0.4, 0.5) is 8.78 Å². The van der Waals surface area contributed by atoms with Crippen molar-refractivity contribution in [2.75, 3.05) is 0 Å². The van der Waals surface area contributed by atoms with Crippen LogP contribution in [0.1, 0.15) is 5.56 Å². The van der Waals surface area contributed by atoms with Crippen LogP contribution in [0.15, 0.2) is 12.1 Å². The highest BCUT2D eigenvalue weighted by atomic mass is 35.5. The average Bonchev–Trinajstić information content (AvgIpc) is 1.83. The maximum Gasteiger partial charge on any atom is 0.351 e. The summed E-state index contributed by atoms with van der Waals surface area (Å²) in [5.41, 5.74) is -0.546. The van der Waals surface area contributed by atoms with Gasteiger partial charge >= 0.3 is 5.38 Å². The van der Waals surface area contributed by atoms with Gasteiger partial charge in [0.15, 0.2) is 0 Å². The summed E-state index contributed by atoms with van der Waals surface area (Å²) < 4.78 is 24.9. The molecule has 0 radical (unpaired) electrons. The molecular weight excluding hydrogens is 230 g/mol. The molecule has 12 heavy (non-hydrogen) atoms. The third kappa shape index (κ3) is 2.19. The highest BCUT2D eigenvalue weighted by Crippen LogP contribution is 2.36. The van der Waals surface area contributed by atoms with E-state index in [-0.39, 0.29) is 10.3 Å². The van der Waals surface area contributed by atoms with Gasteiger partial charge in [0.05, 0.1) is 5.56 Å². The van der Waals surface area contributed by atoms with Crippen LogP contribution in [0.2, 0.25) is 10.3 Å². The number of rotatable bonds is 1. The van der Waals surface area contributed by atoms with Gasteiger partial charge in [0.1, 0.15) is 10.3 Å². The zero-order chi connectivity index (χ0) is 9.35. The predicted molar refractivity (Wildman–Crippen MR) is 44.0 cm³/mol. The molecule has 1 heterocycles. The van der Waals surface area contributed by atoms with E-state index < -0.39 is 10.9 Å². The minimum Gasteiger partial charge on any atom is -0.224 e. The normalized spacial score (nSPS) is 11.8. The Hall–Kier alpha value is -0.120. The van der Waals surface area contributed by atoms with Gasteiger partial charge in [0.25, 0.3) is 0 Å². The molecule has 0 fully saturated rings. The SMILES string of the molecule is FC(F)(Cl)c1ccc(Cl)nc1Cl. The van der Waals surface area contributed by atoms with E-state index in [1.165, 1.54) is 6.07 Å². The maximum atomic E-state index is 12.4. The first kappa shape index (κ1) is 9.96. The monoisotopic (exact) mass is 231 g/mol. The maximum absolute atomic E-state index is 12.4. The number of halogens is 5. The zero-order valence-corrected chi connectivity index (χ0v) is 7.76. The average molecular weight is 232 g/mol. The molecule has 0 amide bonds. The molecule has 6 heteroatoms. The lowest BCUT2D eigenvalue weighted by Crippen LogP contribution is -2.04. The highest BCUT2D eigenvalue weighted by Gasteiger charge is 2.31. The molecule has 1 aromatic rings. The summed E-state index contributed by atoms with van der Waals surface area (Å²) in [5.74, 6) is 0. The van der Waals surface area contributed by atoms with Gasteiger partial charge in [-0.05, 0) is 23.7 Å². The molecule has 0 aromatic carbocycles. The summed E-state index contributed by atoms with van der Waals surface area (Å²) in [4.78, 5) is 3.41. The lowest BCUT2D eigenvalue weighted by Gasteiger charge is -2.08. The van der Waals surface area contributed by atoms with E-state index in [9.17, 15) is 8.78 Å². The topological polar surface area (TPSA) is 12.9 Å². The summed E-state index contributed by atoms with van der Waals surface area (Å²) >= 11 is 15.5. The van der Waals surface area contributed by atoms with Crippen molar-refractivity contribution in [1.29, 1.82) is 0 Å². The number of pyridine rings is 1. The molecule has 0 atom stereocenters. The van der Waals surface area contributed by atoms with Crippen molar-refractivity contribution >= 4 is 34.8 Å². The van der Waals surface area contributed by atoms with E-state index in [4.69, 9.17) is 34.8 Å². The molecule has 0 aliphatic heterocycles. The van der Waals surface area contributed by atoms with Crippen molar-refractivity contribution in [1.82, 2.24) is 4.98 Å². The largest absolute Gasteiger partial charge is 0.351 e. The van der Waals surface area contributed by atoms with Crippen molar-refractivity contribution in [3.8, 4) is 0 Å². The Morgan fingerprint density at radius 2 is 1.83 bits per heavy atom. The Morgan fingerprint density at radius 3 is 2.25 bits per heavy atom. The Kier molecular flexibility index (Phi) is 2.76. The molecule has 1 aromatic heterocycles. The second kappa shape index (κ2) is 3.32. The first-order chi connectivity index (χ1) is 5.41. The van der Waals surface area contributed by atoms with Gasteiger partial charge in [0, 0.05) is 0 Å². The molecule has 0 saturated heterocycles. The Balaban J connectivity index is 3.19. The van der Waals surface area contributed by atoms with E-state index in [0.29, 0.717) is 0 Å². The van der Waals surface area contributed by atoms with Gasteiger partial charge < -0.3 is 0 Å². The summed E-state index contributed by atoms with van der Waals surface area (Å²) in [6.07, 6.45) is 0.